The number of alkyl halides is 1. The third-order valence-corrected chi connectivity index (χ3v) is 6.42. The Morgan fingerprint density at radius 2 is 1.72 bits per heavy atom. The smallest absolute Gasteiger partial charge is 0.253 e. The Morgan fingerprint density at radius 1 is 1.08 bits per heavy atom. The molecule has 0 saturated carbocycles. The number of carbonyl (C=O) groups is 1. The van der Waals surface area contributed by atoms with Crippen LogP contribution in [0.15, 0.2) is 36.5 Å². The zero-order valence-corrected chi connectivity index (χ0v) is 20.0. The van der Waals surface area contributed by atoms with Gasteiger partial charge in [-0.1, -0.05) is 17.7 Å². The molecule has 1 aromatic carbocycles. The van der Waals surface area contributed by atoms with Crippen molar-refractivity contribution in [3.8, 4) is 0 Å². The Kier molecular flexibility index (Phi) is 7.83. The van der Waals surface area contributed by atoms with Crippen molar-refractivity contribution in [2.75, 3.05) is 13.1 Å². The van der Waals surface area contributed by atoms with Crippen LogP contribution in [0, 0.1) is 5.82 Å². The van der Waals surface area contributed by atoms with E-state index in [1.807, 2.05) is 0 Å². The molecule has 1 aromatic heterocycles. The highest BCUT2D eigenvalue weighted by Crippen LogP contribution is 2.48. The zero-order valence-electron chi connectivity index (χ0n) is 19.2. The molecule has 4 nitrogen and oxygen atoms in total. The number of amides is 1. The molecule has 1 aliphatic heterocycles. The van der Waals surface area contributed by atoms with Gasteiger partial charge in [-0.2, -0.15) is 0 Å². The molecule has 18 radical (unpaired) electrons. The monoisotopic (exact) mass is 483 g/mol. The highest BCUT2D eigenvalue weighted by Gasteiger charge is 2.57. The lowest BCUT2D eigenvalue weighted by atomic mass is 9.34. The largest absolute Gasteiger partial charge is 0.339 e. The second-order valence-corrected chi connectivity index (χ2v) is 9.58. The Hall–Kier alpha value is -1.47. The summed E-state index contributed by atoms with van der Waals surface area (Å²) < 4.78 is 29.9. The number of rotatable bonds is 6. The second-order valence-electron chi connectivity index (χ2n) is 9.18. The Balaban J connectivity index is 1.81. The van der Waals surface area contributed by atoms with Crippen LogP contribution in [0.4, 0.5) is 8.78 Å². The van der Waals surface area contributed by atoms with Crippen molar-refractivity contribution in [3.63, 3.8) is 0 Å². The van der Waals surface area contributed by atoms with E-state index in [1.54, 1.807) is 0 Å². The van der Waals surface area contributed by atoms with Gasteiger partial charge < -0.3 is 10.2 Å². The summed E-state index contributed by atoms with van der Waals surface area (Å²) in [6.07, 6.45) is 0.729. The van der Waals surface area contributed by atoms with E-state index in [4.69, 9.17) is 82.2 Å². The topological polar surface area (TPSA) is 45.2 Å². The fourth-order valence-electron chi connectivity index (χ4n) is 4.02. The van der Waals surface area contributed by atoms with Gasteiger partial charge in [0.1, 0.15) is 11.5 Å². The van der Waals surface area contributed by atoms with Gasteiger partial charge in [0.15, 0.2) is 0 Å². The van der Waals surface area contributed by atoms with Crippen LogP contribution in [0.25, 0.3) is 0 Å². The minimum absolute atomic E-state index is 0.0141. The van der Waals surface area contributed by atoms with Gasteiger partial charge in [-0.25, -0.2) is 8.78 Å². The molecule has 0 spiro atoms. The maximum absolute atomic E-state index is 16.4. The van der Waals surface area contributed by atoms with Crippen LogP contribution in [0.5, 0.6) is 0 Å². The number of nitrogens with one attached hydrogen (secondary N) is 1. The first-order chi connectivity index (χ1) is 16.3. The van der Waals surface area contributed by atoms with Gasteiger partial charge in [-0.15, -0.1) is 5.11 Å². The van der Waals surface area contributed by atoms with Crippen molar-refractivity contribution >= 4 is 88.1 Å². The second kappa shape index (κ2) is 9.69. The molecule has 1 atom stereocenters. The molecule has 0 aliphatic carbocycles. The van der Waals surface area contributed by atoms with Crippen LogP contribution in [0.2, 0.25) is 10.2 Å². The van der Waals surface area contributed by atoms with Gasteiger partial charge in [0, 0.05) is 30.5 Å². The lowest BCUT2D eigenvalue weighted by Gasteiger charge is -2.59. The normalized spacial score (nSPS) is 20.7. The van der Waals surface area contributed by atoms with E-state index in [9.17, 15) is 9.18 Å². The summed E-state index contributed by atoms with van der Waals surface area (Å²) in [7, 11) is 53.5. The molecular weight excluding hydrogens is 469 g/mol. The molecule has 1 aliphatic rings. The highest BCUT2D eigenvalue weighted by atomic mass is 35.5. The number of nitrogens with zero attached hydrogens (tertiary/aromatic N) is 2. The molecule has 1 fully saturated rings. The van der Waals surface area contributed by atoms with Gasteiger partial charge >= 0.3 is 0 Å². The predicted molar refractivity (Wildman–Crippen MR) is 144 cm³/mol. The molecule has 1 unspecified atom stereocenters. The van der Waals surface area contributed by atoms with Crippen molar-refractivity contribution in [2.24, 2.45) is 0 Å². The fraction of sp³-hybridized carbons (Fsp3) is 0.400. The lowest BCUT2D eigenvalue weighted by molar-refractivity contribution is 0.0168. The van der Waals surface area contributed by atoms with Gasteiger partial charge in [-0.05, 0) is 52.1 Å². The van der Waals surface area contributed by atoms with Crippen molar-refractivity contribution in [1.29, 1.82) is 0 Å². The Bertz CT molecular complexity index is 1150. The molecule has 1 saturated heterocycles. The standard InChI is InChI=1S/C20H13B9ClF2N3O/c21-17(22)9-35(15(36)10-1-3-13(31)12(30)7-10)6-5-16(17,32)20(28,29)34-19(26,27)14-4-2-11(8-33-14)18(23,24)25/h1-4,7-8,34H,5-6,9H2. The van der Waals surface area contributed by atoms with Gasteiger partial charge in [0.25, 0.3) is 5.91 Å². The maximum Gasteiger partial charge on any atom is 0.253 e. The number of halogens is 3. The first-order valence-electron chi connectivity index (χ1n) is 10.6. The van der Waals surface area contributed by atoms with Crippen molar-refractivity contribution in [1.82, 2.24) is 15.2 Å². The van der Waals surface area contributed by atoms with E-state index in [0.717, 1.165) is 12.1 Å². The number of hydrogen-bond donors (Lipinski definition) is 1. The average molecular weight is 482 g/mol. The van der Waals surface area contributed by atoms with Gasteiger partial charge in [0.2, 0.25) is 0 Å². The minimum atomic E-state index is -2.73. The number of likely N-dealkylation sites (tertiary alicyclic amines) is 1. The summed E-state index contributed by atoms with van der Waals surface area (Å²) in [5.41, 5.74) is -2.43. The average Bonchev–Trinajstić information content (AvgIpc) is 2.75. The number of pyridine rings is 1. The van der Waals surface area contributed by atoms with E-state index in [0.29, 0.717) is 0 Å². The van der Waals surface area contributed by atoms with Crippen molar-refractivity contribution in [2.45, 2.75) is 33.1 Å². The zero-order chi connectivity index (χ0) is 27.3. The summed E-state index contributed by atoms with van der Waals surface area (Å²) in [5, 5.41) is -6.35. The number of carbonyl (C=O) groups excluding carboxylic acids is 1. The van der Waals surface area contributed by atoms with Crippen LogP contribution in [-0.2, 0) is 10.5 Å². The molecule has 2 heterocycles. The highest BCUT2D eigenvalue weighted by molar-refractivity contribution is 6.58. The predicted octanol–water partition coefficient (Wildman–Crippen LogP) is -0.775. The van der Waals surface area contributed by atoms with E-state index in [1.165, 1.54) is 29.3 Å². The van der Waals surface area contributed by atoms with E-state index < -0.39 is 51.4 Å². The van der Waals surface area contributed by atoms with Crippen molar-refractivity contribution < 1.29 is 13.6 Å². The molecule has 0 bridgehead atoms. The maximum atomic E-state index is 16.4. The molecule has 36 heavy (non-hydrogen) atoms. The third kappa shape index (κ3) is 5.52. The molecule has 1 N–H and O–H groups in total. The van der Waals surface area contributed by atoms with E-state index in [2.05, 4.69) is 10.3 Å². The van der Waals surface area contributed by atoms with Crippen LogP contribution in [-0.4, -0.2) is 111 Å². The molecule has 2 aromatic rings. The molecular formula is C20H13B9ClF2N3O. The molecule has 1 amide bonds. The SMILES string of the molecule is [B]C([B])([B])c1ccc(C([B])([B])NC([B])([B])C2(F)CCN(C(=O)c3ccc(F)c(Cl)c3)CC2([B])[B])nc1. The molecule has 3 rings (SSSR count). The fourth-order valence-corrected chi connectivity index (χ4v) is 4.20. The summed E-state index contributed by atoms with van der Waals surface area (Å²) in [4.78, 5) is 18.1. The summed E-state index contributed by atoms with van der Waals surface area (Å²) in [6, 6.07) is 6.16. The van der Waals surface area contributed by atoms with E-state index in [-0.39, 0.29) is 28.4 Å². The van der Waals surface area contributed by atoms with Crippen LogP contribution in [0.3, 0.4) is 0 Å². The summed E-state index contributed by atoms with van der Waals surface area (Å²) in [5.74, 6) is -1.30. The summed E-state index contributed by atoms with van der Waals surface area (Å²) >= 11 is 5.76. The Morgan fingerprint density at radius 3 is 2.22 bits per heavy atom. The first-order valence-corrected chi connectivity index (χ1v) is 11.0. The van der Waals surface area contributed by atoms with Gasteiger partial charge in [0.05, 0.1) is 75.6 Å². The number of aromatic nitrogens is 1. The van der Waals surface area contributed by atoms with Crippen LogP contribution >= 0.6 is 11.6 Å². The lowest BCUT2D eigenvalue weighted by Crippen LogP contribution is -2.74. The molecule has 162 valence electrons. The molecule has 16 heteroatoms. The number of benzene rings is 1. The quantitative estimate of drug-likeness (QED) is 0.551. The Labute approximate surface area is 226 Å². The number of hydrogen-bond acceptors (Lipinski definition) is 3. The van der Waals surface area contributed by atoms with Crippen LogP contribution in [0.1, 0.15) is 28.0 Å². The van der Waals surface area contributed by atoms with Crippen molar-refractivity contribution in [3.05, 3.63) is 64.2 Å². The van der Waals surface area contributed by atoms with E-state index >= 15 is 4.39 Å². The summed E-state index contributed by atoms with van der Waals surface area (Å²) in [6.45, 7) is -0.700. The first kappa shape index (κ1) is 29.1. The minimum Gasteiger partial charge on any atom is -0.339 e. The number of piperidine rings is 1. The van der Waals surface area contributed by atoms with Crippen LogP contribution < -0.4 is 5.32 Å². The third-order valence-electron chi connectivity index (χ3n) is 6.13. The van der Waals surface area contributed by atoms with Gasteiger partial charge in [-0.3, -0.25) is 9.78 Å².